The molecule has 33 heavy (non-hydrogen) atoms. The van der Waals surface area contributed by atoms with Gasteiger partial charge in [0.05, 0.1) is 12.1 Å². The van der Waals surface area contributed by atoms with E-state index in [0.717, 1.165) is 12.0 Å². The van der Waals surface area contributed by atoms with Crippen molar-refractivity contribution in [1.82, 2.24) is 0 Å². The topological polar surface area (TPSA) is 71.4 Å². The Morgan fingerprint density at radius 1 is 1.18 bits per heavy atom. The maximum atomic E-state index is 13.4. The van der Waals surface area contributed by atoms with Crippen molar-refractivity contribution in [2.75, 3.05) is 12.4 Å². The molecule has 0 saturated carbocycles. The van der Waals surface area contributed by atoms with Gasteiger partial charge in [0, 0.05) is 5.69 Å². The molecule has 0 radical (unpaired) electrons. The number of methoxy groups -OCH3 is 1. The quantitative estimate of drug-likeness (QED) is 0.319. The van der Waals surface area contributed by atoms with Crippen LogP contribution in [-0.2, 0) is 17.8 Å². The first-order chi connectivity index (χ1) is 15.9. The zero-order valence-electron chi connectivity index (χ0n) is 18.2. The molecule has 0 aromatic heterocycles. The number of hydrogen-bond donors (Lipinski definition) is 1. The number of carbonyl (C=O) groups is 1. The van der Waals surface area contributed by atoms with Crippen molar-refractivity contribution in [3.63, 3.8) is 0 Å². The van der Waals surface area contributed by atoms with E-state index in [-0.39, 0.29) is 28.8 Å². The van der Waals surface area contributed by atoms with Crippen LogP contribution in [0.3, 0.4) is 0 Å². The molecule has 0 bridgehead atoms. The highest BCUT2D eigenvalue weighted by atomic mass is 35.5. The third-order valence-electron chi connectivity index (χ3n) is 4.85. The minimum absolute atomic E-state index is 0.0890. The number of halogens is 2. The molecule has 0 heterocycles. The van der Waals surface area contributed by atoms with Crippen molar-refractivity contribution >= 4 is 29.3 Å². The van der Waals surface area contributed by atoms with Crippen LogP contribution in [0.4, 0.5) is 10.1 Å². The van der Waals surface area contributed by atoms with E-state index >= 15 is 0 Å². The molecule has 0 aliphatic carbocycles. The normalized spacial score (nSPS) is 10.9. The Morgan fingerprint density at radius 3 is 2.67 bits per heavy atom. The summed E-state index contributed by atoms with van der Waals surface area (Å²) in [4.78, 5) is 12.7. The molecule has 1 N–H and O–H groups in total. The van der Waals surface area contributed by atoms with Gasteiger partial charge in [-0.1, -0.05) is 48.9 Å². The Bertz CT molecular complexity index is 1230. The monoisotopic (exact) mass is 464 g/mol. The molecule has 3 aromatic carbocycles. The molecule has 0 atom stereocenters. The number of nitriles is 1. The third-order valence-corrected chi connectivity index (χ3v) is 5.13. The zero-order valence-corrected chi connectivity index (χ0v) is 18.9. The average molecular weight is 465 g/mol. The van der Waals surface area contributed by atoms with Crippen molar-refractivity contribution in [3.05, 3.63) is 93.8 Å². The Hall–Kier alpha value is -3.82. The van der Waals surface area contributed by atoms with Crippen LogP contribution in [0.5, 0.6) is 11.5 Å². The molecular weight excluding hydrogens is 443 g/mol. The van der Waals surface area contributed by atoms with Gasteiger partial charge in [-0.05, 0) is 59.5 Å². The van der Waals surface area contributed by atoms with E-state index in [1.807, 2.05) is 31.2 Å². The summed E-state index contributed by atoms with van der Waals surface area (Å²) in [5, 5.41) is 12.6. The zero-order chi connectivity index (χ0) is 23.8. The van der Waals surface area contributed by atoms with E-state index in [2.05, 4.69) is 5.32 Å². The van der Waals surface area contributed by atoms with Crippen LogP contribution in [0.15, 0.2) is 66.2 Å². The molecular formula is C26H22ClFN2O3. The van der Waals surface area contributed by atoms with Gasteiger partial charge in [0.1, 0.15) is 24.1 Å². The summed E-state index contributed by atoms with van der Waals surface area (Å²) in [7, 11) is 1.45. The van der Waals surface area contributed by atoms with E-state index < -0.39 is 5.91 Å². The van der Waals surface area contributed by atoms with Crippen molar-refractivity contribution in [3.8, 4) is 17.6 Å². The molecule has 3 rings (SSSR count). The second-order valence-electron chi connectivity index (χ2n) is 7.09. The summed E-state index contributed by atoms with van der Waals surface area (Å²) in [5.74, 6) is -0.293. The van der Waals surface area contributed by atoms with E-state index in [1.165, 1.54) is 25.3 Å². The van der Waals surface area contributed by atoms with Crippen LogP contribution in [0, 0.1) is 17.1 Å². The molecule has 3 aromatic rings. The first-order valence-electron chi connectivity index (χ1n) is 10.2. The number of amides is 1. The van der Waals surface area contributed by atoms with Crippen LogP contribution >= 0.6 is 11.6 Å². The molecule has 0 unspecified atom stereocenters. The van der Waals surface area contributed by atoms with Crippen molar-refractivity contribution in [1.29, 1.82) is 5.26 Å². The van der Waals surface area contributed by atoms with Gasteiger partial charge >= 0.3 is 0 Å². The number of nitrogens with one attached hydrogen (secondary N) is 1. The second kappa shape index (κ2) is 11.2. The van der Waals surface area contributed by atoms with Crippen molar-refractivity contribution in [2.45, 2.75) is 20.0 Å². The van der Waals surface area contributed by atoms with Gasteiger partial charge in [-0.15, -0.1) is 0 Å². The van der Waals surface area contributed by atoms with Gasteiger partial charge in [-0.3, -0.25) is 4.79 Å². The summed E-state index contributed by atoms with van der Waals surface area (Å²) in [6, 6.07) is 18.6. The minimum atomic E-state index is -0.528. The van der Waals surface area contributed by atoms with Crippen molar-refractivity contribution < 1.29 is 18.7 Å². The summed E-state index contributed by atoms with van der Waals surface area (Å²) >= 11 is 6.39. The molecule has 7 heteroatoms. The molecule has 0 aliphatic heterocycles. The molecule has 0 fully saturated rings. The third kappa shape index (κ3) is 6.12. The maximum Gasteiger partial charge on any atom is 0.266 e. The fourth-order valence-electron chi connectivity index (χ4n) is 3.20. The van der Waals surface area contributed by atoms with Gasteiger partial charge in [0.25, 0.3) is 5.91 Å². The summed E-state index contributed by atoms with van der Waals surface area (Å²) in [5.41, 5.74) is 2.65. The molecule has 0 saturated heterocycles. The fraction of sp³-hybridized carbons (Fsp3) is 0.154. The number of para-hydroxylation sites is 1. The van der Waals surface area contributed by atoms with Crippen LogP contribution in [0.1, 0.15) is 23.6 Å². The van der Waals surface area contributed by atoms with Gasteiger partial charge in [-0.25, -0.2) is 4.39 Å². The summed E-state index contributed by atoms with van der Waals surface area (Å²) in [6.07, 6.45) is 2.17. The maximum absolute atomic E-state index is 13.4. The molecule has 0 spiro atoms. The fourth-order valence-corrected chi connectivity index (χ4v) is 3.47. The van der Waals surface area contributed by atoms with Gasteiger partial charge in [0.15, 0.2) is 11.5 Å². The first-order valence-corrected chi connectivity index (χ1v) is 10.6. The van der Waals surface area contributed by atoms with Gasteiger partial charge < -0.3 is 14.8 Å². The number of benzene rings is 3. The number of hydrogen-bond acceptors (Lipinski definition) is 4. The standard InChI is InChI=1S/C26H22ClFN2O3/c1-3-19-8-4-5-10-23(19)30-26(31)20(15-29)11-18-13-22(27)25(24(14-18)32-2)33-16-17-7-6-9-21(28)12-17/h4-14H,3,16H2,1-2H3,(H,30,31)/b20-11+. The lowest BCUT2D eigenvalue weighted by atomic mass is 10.1. The van der Waals surface area contributed by atoms with Crippen LogP contribution in [0.2, 0.25) is 5.02 Å². The number of aryl methyl sites for hydroxylation is 1. The Kier molecular flexibility index (Phi) is 8.06. The highest BCUT2D eigenvalue weighted by Gasteiger charge is 2.15. The van der Waals surface area contributed by atoms with Gasteiger partial charge in [-0.2, -0.15) is 5.26 Å². The summed E-state index contributed by atoms with van der Waals surface area (Å²) < 4.78 is 24.5. The van der Waals surface area contributed by atoms with Crippen LogP contribution in [-0.4, -0.2) is 13.0 Å². The Balaban J connectivity index is 1.83. The SMILES string of the molecule is CCc1ccccc1NC(=O)/C(C#N)=C/c1cc(Cl)c(OCc2cccc(F)c2)c(OC)c1. The molecule has 5 nitrogen and oxygen atoms in total. The van der Waals surface area contributed by atoms with Crippen molar-refractivity contribution in [2.24, 2.45) is 0 Å². The number of carbonyl (C=O) groups excluding carboxylic acids is 1. The number of anilines is 1. The highest BCUT2D eigenvalue weighted by Crippen LogP contribution is 2.37. The Morgan fingerprint density at radius 2 is 1.97 bits per heavy atom. The number of rotatable bonds is 8. The number of ether oxygens (including phenoxy) is 2. The predicted octanol–water partition coefficient (Wildman–Crippen LogP) is 6.17. The van der Waals surface area contributed by atoms with E-state index in [1.54, 1.807) is 30.3 Å². The molecule has 1 amide bonds. The molecule has 168 valence electrons. The lowest BCUT2D eigenvalue weighted by molar-refractivity contribution is -0.112. The smallest absolute Gasteiger partial charge is 0.266 e. The summed E-state index contributed by atoms with van der Waals surface area (Å²) in [6.45, 7) is 2.07. The van der Waals surface area contributed by atoms with E-state index in [0.29, 0.717) is 22.6 Å². The first kappa shape index (κ1) is 23.8. The predicted molar refractivity (Wildman–Crippen MR) is 127 cm³/mol. The van der Waals surface area contributed by atoms with Gasteiger partial charge in [0.2, 0.25) is 0 Å². The second-order valence-corrected chi connectivity index (χ2v) is 7.49. The lowest BCUT2D eigenvalue weighted by Crippen LogP contribution is -2.14. The lowest BCUT2D eigenvalue weighted by Gasteiger charge is -2.14. The minimum Gasteiger partial charge on any atom is -0.493 e. The van der Waals surface area contributed by atoms with E-state index in [9.17, 15) is 14.4 Å². The average Bonchev–Trinajstić information content (AvgIpc) is 2.81. The Labute approximate surface area is 197 Å². The van der Waals surface area contributed by atoms with Crippen LogP contribution < -0.4 is 14.8 Å². The number of nitrogens with zero attached hydrogens (tertiary/aromatic N) is 1. The highest BCUT2D eigenvalue weighted by molar-refractivity contribution is 6.32. The van der Waals surface area contributed by atoms with Crippen LogP contribution in [0.25, 0.3) is 6.08 Å². The molecule has 0 aliphatic rings. The van der Waals surface area contributed by atoms with E-state index in [4.69, 9.17) is 21.1 Å². The largest absolute Gasteiger partial charge is 0.493 e.